The number of carbonyl (C=O) groups is 1. The van der Waals surface area contributed by atoms with Crippen LogP contribution in [-0.4, -0.2) is 6.29 Å². The third-order valence-corrected chi connectivity index (χ3v) is 2.79. The highest BCUT2D eigenvalue weighted by molar-refractivity contribution is 7.12. The van der Waals surface area contributed by atoms with Gasteiger partial charge in [-0.15, -0.1) is 11.3 Å². The van der Waals surface area contributed by atoms with E-state index in [0.29, 0.717) is 11.3 Å². The van der Waals surface area contributed by atoms with Crippen LogP contribution in [0, 0.1) is 13.8 Å². The first-order chi connectivity index (χ1) is 6.06. The van der Waals surface area contributed by atoms with E-state index in [1.807, 2.05) is 13.8 Å². The van der Waals surface area contributed by atoms with Gasteiger partial charge in [-0.2, -0.15) is 0 Å². The Morgan fingerprint density at radius 2 is 2.36 bits per heavy atom. The first-order valence-electron chi connectivity index (χ1n) is 4.25. The SMILES string of the molecule is [2H]N([2H])Cc1c(C)sc(C)c1C=O. The van der Waals surface area contributed by atoms with Crippen molar-refractivity contribution >= 4 is 17.6 Å². The van der Waals surface area contributed by atoms with Crippen LogP contribution in [0.4, 0.5) is 0 Å². The molecule has 11 heavy (non-hydrogen) atoms. The molecular weight excluding hydrogens is 158 g/mol. The Morgan fingerprint density at radius 3 is 2.91 bits per heavy atom. The van der Waals surface area contributed by atoms with E-state index in [9.17, 15) is 4.79 Å². The first kappa shape index (κ1) is 5.91. The van der Waals surface area contributed by atoms with Gasteiger partial charge in [0.1, 0.15) is 2.82 Å². The van der Waals surface area contributed by atoms with Gasteiger partial charge in [0.15, 0.2) is 6.29 Å². The minimum Gasteiger partial charge on any atom is -0.326 e. The van der Waals surface area contributed by atoms with Crippen molar-refractivity contribution in [3.8, 4) is 0 Å². The molecule has 1 aromatic heterocycles. The number of hydrogen-bond donors (Lipinski definition) is 1. The Morgan fingerprint density at radius 1 is 1.64 bits per heavy atom. The number of thiophene rings is 1. The molecule has 0 aliphatic rings. The molecule has 2 nitrogen and oxygen atoms in total. The van der Waals surface area contributed by atoms with Crippen molar-refractivity contribution in [2.45, 2.75) is 20.4 Å². The van der Waals surface area contributed by atoms with Gasteiger partial charge in [0.2, 0.25) is 0 Å². The lowest BCUT2D eigenvalue weighted by Gasteiger charge is -1.94. The minimum absolute atomic E-state index is 0.185. The lowest BCUT2D eigenvalue weighted by molar-refractivity contribution is 0.112. The molecule has 1 aromatic rings. The number of rotatable bonds is 3. The maximum absolute atomic E-state index is 10.7. The van der Waals surface area contributed by atoms with Crippen molar-refractivity contribution < 1.29 is 7.62 Å². The van der Waals surface area contributed by atoms with Crippen molar-refractivity contribution in [2.24, 2.45) is 5.72 Å². The minimum atomic E-state index is 0.185. The maximum atomic E-state index is 10.7. The normalized spacial score (nSPS) is 13.0. The van der Waals surface area contributed by atoms with Crippen molar-refractivity contribution in [1.29, 1.82) is 0 Å². The lowest BCUT2D eigenvalue weighted by atomic mass is 10.1. The Kier molecular flexibility index (Phi) is 1.70. The number of hydrogen-bond acceptors (Lipinski definition) is 3. The van der Waals surface area contributed by atoms with E-state index in [1.54, 1.807) is 0 Å². The van der Waals surface area contributed by atoms with E-state index >= 15 is 0 Å². The highest BCUT2D eigenvalue weighted by Gasteiger charge is 2.09. The summed E-state index contributed by atoms with van der Waals surface area (Å²) in [6, 6.07) is 0. The standard InChI is InChI=1S/C8H11NOS/c1-5-7(3-9)8(4-10)6(2)11-5/h4H,3,9H2,1-2H3/i/hD2. The zero-order chi connectivity index (χ0) is 10.0. The summed E-state index contributed by atoms with van der Waals surface area (Å²) in [4.78, 5) is 12.7. The topological polar surface area (TPSA) is 43.1 Å². The second kappa shape index (κ2) is 3.15. The van der Waals surface area contributed by atoms with Gasteiger partial charge >= 0.3 is 0 Å². The summed E-state index contributed by atoms with van der Waals surface area (Å²) in [5, 5.41) is 0. The summed E-state index contributed by atoms with van der Waals surface area (Å²) < 4.78 is 14.0. The van der Waals surface area contributed by atoms with Crippen LogP contribution in [0.5, 0.6) is 0 Å². The molecule has 0 aromatic carbocycles. The molecule has 0 atom stereocenters. The summed E-state index contributed by atoms with van der Waals surface area (Å²) >= 11 is 1.54. The van der Waals surface area contributed by atoms with Crippen LogP contribution in [-0.2, 0) is 6.54 Å². The number of carbonyl (C=O) groups excluding carboxylic acids is 1. The van der Waals surface area contributed by atoms with E-state index in [2.05, 4.69) is 0 Å². The van der Waals surface area contributed by atoms with Crippen molar-refractivity contribution in [3.63, 3.8) is 0 Å². The fraction of sp³-hybridized carbons (Fsp3) is 0.375. The number of aryl methyl sites for hydroxylation is 2. The van der Waals surface area contributed by atoms with Crippen LogP contribution in [0.25, 0.3) is 0 Å². The van der Waals surface area contributed by atoms with Crippen LogP contribution >= 0.6 is 11.3 Å². The quantitative estimate of drug-likeness (QED) is 0.702. The van der Waals surface area contributed by atoms with E-state index in [0.717, 1.165) is 21.6 Å². The van der Waals surface area contributed by atoms with E-state index < -0.39 is 0 Å². The number of aldehydes is 1. The largest absolute Gasteiger partial charge is 0.326 e. The summed E-state index contributed by atoms with van der Waals surface area (Å²) in [6.45, 7) is 3.97. The van der Waals surface area contributed by atoms with Crippen LogP contribution < -0.4 is 5.72 Å². The predicted octanol–water partition coefficient (Wildman–Crippen LogP) is 1.64. The highest BCUT2D eigenvalue weighted by Crippen LogP contribution is 2.25. The van der Waals surface area contributed by atoms with Crippen molar-refractivity contribution in [1.82, 2.24) is 0 Å². The molecule has 0 bridgehead atoms. The molecule has 0 saturated heterocycles. The Bertz CT molecular complexity index is 322. The summed E-state index contributed by atoms with van der Waals surface area (Å²) in [5.74, 6) is 0. The smallest absolute Gasteiger partial charge is 0.151 e. The molecule has 3 heteroatoms. The fourth-order valence-corrected chi connectivity index (χ4v) is 2.14. The number of nitrogens with two attached hydrogens (primary N) is 1. The Labute approximate surface area is 73.0 Å². The molecule has 60 valence electrons. The zero-order valence-electron chi connectivity index (χ0n) is 8.55. The van der Waals surface area contributed by atoms with Gasteiger partial charge in [0.05, 0.1) is 0 Å². The monoisotopic (exact) mass is 171 g/mol. The Balaban J connectivity index is 3.09. The molecule has 0 aliphatic carbocycles. The molecule has 0 fully saturated rings. The van der Waals surface area contributed by atoms with Crippen LogP contribution in [0.15, 0.2) is 0 Å². The van der Waals surface area contributed by atoms with Gasteiger partial charge < -0.3 is 5.72 Å². The molecule has 1 rings (SSSR count). The average Bonchev–Trinajstić information content (AvgIpc) is 2.26. The van der Waals surface area contributed by atoms with E-state index in [1.165, 1.54) is 11.3 Å². The molecule has 0 radical (unpaired) electrons. The molecule has 0 saturated carbocycles. The van der Waals surface area contributed by atoms with Crippen LogP contribution in [0.2, 0.25) is 2.82 Å². The highest BCUT2D eigenvalue weighted by atomic mass is 32.1. The third kappa shape index (κ3) is 1.34. The maximum Gasteiger partial charge on any atom is 0.151 e. The second-order valence-electron chi connectivity index (χ2n) is 2.38. The van der Waals surface area contributed by atoms with E-state index in [4.69, 9.17) is 2.82 Å². The summed E-state index contributed by atoms with van der Waals surface area (Å²) in [7, 11) is 0. The molecule has 0 aliphatic heterocycles. The van der Waals surface area contributed by atoms with Crippen LogP contribution in [0.3, 0.4) is 0 Å². The summed E-state index contributed by atoms with van der Waals surface area (Å²) in [6.07, 6.45) is 0.803. The Hall–Kier alpha value is -0.670. The first-order valence-corrected chi connectivity index (χ1v) is 4.17. The van der Waals surface area contributed by atoms with Crippen LogP contribution in [0.1, 0.15) is 25.7 Å². The predicted molar refractivity (Wildman–Crippen MR) is 47.1 cm³/mol. The van der Waals surface area contributed by atoms with Gasteiger partial charge in [0.25, 0.3) is 0 Å². The van der Waals surface area contributed by atoms with Gasteiger partial charge in [0, 0.05) is 21.9 Å². The zero-order valence-corrected chi connectivity index (χ0v) is 7.36. The van der Waals surface area contributed by atoms with Crippen molar-refractivity contribution in [3.05, 3.63) is 20.9 Å². The molecule has 2 N–H and O–H groups in total. The molecular formula is C8H11NOS. The summed E-state index contributed by atoms with van der Waals surface area (Å²) in [5.41, 5.74) is 2.04. The molecule has 0 spiro atoms. The van der Waals surface area contributed by atoms with E-state index in [-0.39, 0.29) is 6.54 Å². The van der Waals surface area contributed by atoms with Gasteiger partial charge in [-0.05, 0) is 19.4 Å². The second-order valence-corrected chi connectivity index (χ2v) is 3.81. The van der Waals surface area contributed by atoms with Crippen molar-refractivity contribution in [2.75, 3.05) is 0 Å². The average molecular weight is 171 g/mol. The molecule has 0 unspecified atom stereocenters. The van der Waals surface area contributed by atoms with Gasteiger partial charge in [-0.3, -0.25) is 4.79 Å². The molecule has 1 heterocycles. The van der Waals surface area contributed by atoms with Gasteiger partial charge in [-0.1, -0.05) is 0 Å². The van der Waals surface area contributed by atoms with Gasteiger partial charge in [-0.25, -0.2) is 0 Å². The third-order valence-electron chi connectivity index (χ3n) is 1.71. The lowest BCUT2D eigenvalue weighted by Crippen LogP contribution is -1.99. The fourth-order valence-electron chi connectivity index (χ4n) is 1.10. The molecule has 0 amide bonds.